The molecule has 0 spiro atoms. The third kappa shape index (κ3) is 11.3. The lowest BCUT2D eigenvalue weighted by Gasteiger charge is -2.13. The largest absolute Gasteiger partial charge is 0.481 e. The normalized spacial score (nSPS) is 12.3. The van der Waals surface area contributed by atoms with Crippen LogP contribution in [0.15, 0.2) is 12.0 Å². The zero-order valence-electron chi connectivity index (χ0n) is 12.7. The average molecular weight is 350 g/mol. The van der Waals surface area contributed by atoms with Gasteiger partial charge in [0.25, 0.3) is 0 Å². The fraction of sp³-hybridized carbons (Fsp3) is 0.615. The molecule has 0 aliphatic carbocycles. The van der Waals surface area contributed by atoms with Crippen LogP contribution in [0.1, 0.15) is 38.5 Å². The number of carboxylic acids is 2. The number of hydrogen-bond acceptors (Lipinski definition) is 5. The average Bonchev–Trinajstić information content (AvgIpc) is 2.46. The summed E-state index contributed by atoms with van der Waals surface area (Å²) >= 11 is 0. The van der Waals surface area contributed by atoms with Crippen LogP contribution in [-0.2, 0) is 24.4 Å². The van der Waals surface area contributed by atoms with Gasteiger partial charge in [0.05, 0.1) is 0 Å². The van der Waals surface area contributed by atoms with Crippen molar-refractivity contribution in [1.29, 1.82) is 0 Å². The van der Waals surface area contributed by atoms with E-state index in [-0.39, 0.29) is 25.8 Å². The zero-order valence-corrected chi connectivity index (χ0v) is 13.5. The molecule has 0 aromatic rings. The maximum Gasteiger partial charge on any atom is 0.326 e. The molecule has 0 aliphatic heterocycles. The van der Waals surface area contributed by atoms with Crippen LogP contribution in [0.3, 0.4) is 0 Å². The fourth-order valence-electron chi connectivity index (χ4n) is 1.65. The van der Waals surface area contributed by atoms with Gasteiger partial charge in [0.15, 0.2) is 0 Å². The molecule has 0 aromatic carbocycles. The van der Waals surface area contributed by atoms with Crippen molar-refractivity contribution in [3.8, 4) is 0 Å². The Bertz CT molecular complexity index is 530. The second kappa shape index (κ2) is 10.7. The minimum Gasteiger partial charge on any atom is -0.481 e. The van der Waals surface area contributed by atoms with Crippen LogP contribution in [0.2, 0.25) is 0 Å². The molecule has 1 unspecified atom stereocenters. The number of rotatable bonds is 13. The Morgan fingerprint density at radius 3 is 2.26 bits per heavy atom. The first-order valence-electron chi connectivity index (χ1n) is 7.04. The van der Waals surface area contributed by atoms with Gasteiger partial charge in [-0.05, 0) is 19.3 Å². The number of nitrogens with one attached hydrogen (secondary N) is 2. The minimum absolute atomic E-state index is 0.0884. The first kappa shape index (κ1) is 21.1. The summed E-state index contributed by atoms with van der Waals surface area (Å²) in [4.78, 5) is 32.9. The molecule has 0 saturated carbocycles. The van der Waals surface area contributed by atoms with Crippen molar-refractivity contribution in [2.24, 2.45) is 0 Å². The highest BCUT2D eigenvalue weighted by Crippen LogP contribution is 2.03. The molecule has 4 N–H and O–H groups in total. The van der Waals surface area contributed by atoms with E-state index in [9.17, 15) is 22.8 Å². The maximum absolute atomic E-state index is 11.6. The second-order valence-corrected chi connectivity index (χ2v) is 6.52. The van der Waals surface area contributed by atoms with E-state index in [0.717, 1.165) is 5.41 Å². The molecule has 0 fully saturated rings. The van der Waals surface area contributed by atoms with Gasteiger partial charge < -0.3 is 15.5 Å². The van der Waals surface area contributed by atoms with Crippen molar-refractivity contribution in [3.63, 3.8) is 0 Å². The predicted molar refractivity (Wildman–Crippen MR) is 82.0 cm³/mol. The number of carboxylic acid groups (broad SMARTS) is 2. The van der Waals surface area contributed by atoms with E-state index in [2.05, 4.69) is 16.6 Å². The molecule has 1 amide bonds. The summed E-state index contributed by atoms with van der Waals surface area (Å²) in [5.74, 6) is -2.89. The second-order valence-electron chi connectivity index (χ2n) is 4.81. The molecule has 0 aromatic heterocycles. The van der Waals surface area contributed by atoms with Gasteiger partial charge in [0.1, 0.15) is 6.04 Å². The van der Waals surface area contributed by atoms with Gasteiger partial charge >= 0.3 is 11.9 Å². The SMILES string of the molecule is C=CS(=O)(=O)NCCCCCC(=O)NC(CCC(=O)O)C(=O)O. The van der Waals surface area contributed by atoms with Crippen molar-refractivity contribution in [2.45, 2.75) is 44.6 Å². The van der Waals surface area contributed by atoms with Crippen molar-refractivity contribution in [3.05, 3.63) is 12.0 Å². The monoisotopic (exact) mass is 350 g/mol. The molecule has 132 valence electrons. The van der Waals surface area contributed by atoms with E-state index in [1.54, 1.807) is 0 Å². The van der Waals surface area contributed by atoms with Crippen LogP contribution in [0.25, 0.3) is 0 Å². The van der Waals surface area contributed by atoms with Crippen LogP contribution >= 0.6 is 0 Å². The summed E-state index contributed by atoms with van der Waals surface area (Å²) in [6.45, 7) is 3.38. The fourth-order valence-corrected chi connectivity index (χ4v) is 2.20. The van der Waals surface area contributed by atoms with E-state index in [4.69, 9.17) is 10.2 Å². The zero-order chi connectivity index (χ0) is 17.9. The maximum atomic E-state index is 11.6. The summed E-state index contributed by atoms with van der Waals surface area (Å²) in [6, 6.07) is -1.22. The highest BCUT2D eigenvalue weighted by Gasteiger charge is 2.20. The highest BCUT2D eigenvalue weighted by atomic mass is 32.2. The number of sulfonamides is 1. The van der Waals surface area contributed by atoms with Crippen molar-refractivity contribution < 1.29 is 33.0 Å². The molecular formula is C13H22N2O7S. The Hall–Kier alpha value is -1.94. The number of amides is 1. The van der Waals surface area contributed by atoms with E-state index >= 15 is 0 Å². The minimum atomic E-state index is -3.44. The lowest BCUT2D eigenvalue weighted by Crippen LogP contribution is -2.41. The summed E-state index contributed by atoms with van der Waals surface area (Å²) in [5.41, 5.74) is 0. The molecule has 9 nitrogen and oxygen atoms in total. The topological polar surface area (TPSA) is 150 Å². The van der Waals surface area contributed by atoms with Gasteiger partial charge in [0.2, 0.25) is 15.9 Å². The van der Waals surface area contributed by atoms with Crippen LogP contribution < -0.4 is 10.0 Å². The van der Waals surface area contributed by atoms with Crippen molar-refractivity contribution in [2.75, 3.05) is 6.54 Å². The van der Waals surface area contributed by atoms with Crippen molar-refractivity contribution in [1.82, 2.24) is 10.0 Å². The predicted octanol–water partition coefficient (Wildman–Crippen LogP) is 0.0439. The lowest BCUT2D eigenvalue weighted by molar-refractivity contribution is -0.143. The summed E-state index contributed by atoms with van der Waals surface area (Å²) in [6.07, 6.45) is 1.14. The molecule has 23 heavy (non-hydrogen) atoms. The van der Waals surface area contributed by atoms with Crippen LogP contribution in [0, 0.1) is 0 Å². The van der Waals surface area contributed by atoms with Gasteiger partial charge in [-0.15, -0.1) is 0 Å². The summed E-state index contributed by atoms with van der Waals surface area (Å²) in [5, 5.41) is 20.5. The molecule has 0 aliphatic rings. The Kier molecular flexibility index (Phi) is 9.83. The molecule has 10 heteroatoms. The number of carbonyl (C=O) groups is 3. The van der Waals surface area contributed by atoms with E-state index < -0.39 is 33.9 Å². The Balaban J connectivity index is 3.94. The molecule has 0 bridgehead atoms. The van der Waals surface area contributed by atoms with Gasteiger partial charge in [-0.2, -0.15) is 0 Å². The summed E-state index contributed by atoms with van der Waals surface area (Å²) < 4.78 is 24.4. The third-order valence-electron chi connectivity index (χ3n) is 2.88. The molecule has 0 saturated heterocycles. The number of carbonyl (C=O) groups excluding carboxylic acids is 1. The van der Waals surface area contributed by atoms with Gasteiger partial charge in [-0.1, -0.05) is 13.0 Å². The Morgan fingerprint density at radius 1 is 1.09 bits per heavy atom. The van der Waals surface area contributed by atoms with Gasteiger partial charge in [-0.25, -0.2) is 17.9 Å². The Morgan fingerprint density at radius 2 is 1.74 bits per heavy atom. The molecule has 0 heterocycles. The van der Waals surface area contributed by atoms with E-state index in [1.165, 1.54) is 0 Å². The molecule has 0 rings (SSSR count). The molecule has 1 atom stereocenters. The van der Waals surface area contributed by atoms with Crippen LogP contribution in [0.5, 0.6) is 0 Å². The summed E-state index contributed by atoms with van der Waals surface area (Å²) in [7, 11) is -3.44. The third-order valence-corrected chi connectivity index (χ3v) is 3.93. The molecule has 0 radical (unpaired) electrons. The van der Waals surface area contributed by atoms with Crippen LogP contribution in [-0.4, -0.2) is 49.1 Å². The first-order valence-corrected chi connectivity index (χ1v) is 8.58. The Labute approximate surface area is 134 Å². The first-order chi connectivity index (χ1) is 10.7. The standard InChI is InChI=1S/C13H22N2O7S/c1-2-23(21,22)14-9-5-3-4-6-11(16)15-10(13(19)20)7-8-12(17)18/h2,10,14H,1,3-9H2,(H,15,16)(H,17,18)(H,19,20). The quantitative estimate of drug-likeness (QED) is 0.343. The van der Waals surface area contributed by atoms with Gasteiger partial charge in [0, 0.05) is 24.8 Å². The lowest BCUT2D eigenvalue weighted by atomic mass is 10.1. The van der Waals surface area contributed by atoms with Crippen LogP contribution in [0.4, 0.5) is 0 Å². The smallest absolute Gasteiger partial charge is 0.326 e. The number of aliphatic carboxylic acids is 2. The number of hydrogen-bond donors (Lipinski definition) is 4. The van der Waals surface area contributed by atoms with Gasteiger partial charge in [-0.3, -0.25) is 9.59 Å². The van der Waals surface area contributed by atoms with E-state index in [0.29, 0.717) is 19.3 Å². The van der Waals surface area contributed by atoms with E-state index in [1.807, 2.05) is 0 Å². The molecular weight excluding hydrogens is 328 g/mol. The number of unbranched alkanes of at least 4 members (excludes halogenated alkanes) is 2. The van der Waals surface area contributed by atoms with Crippen molar-refractivity contribution >= 4 is 27.9 Å². The highest BCUT2D eigenvalue weighted by molar-refractivity contribution is 7.92.